The van der Waals surface area contributed by atoms with E-state index in [9.17, 15) is 9.59 Å². The zero-order valence-electron chi connectivity index (χ0n) is 11.3. The van der Waals surface area contributed by atoms with Crippen LogP contribution in [0.5, 0.6) is 0 Å². The van der Waals surface area contributed by atoms with Gasteiger partial charge in [0.05, 0.1) is 0 Å². The molecule has 0 saturated carbocycles. The second-order valence-corrected chi connectivity index (χ2v) is 4.78. The summed E-state index contributed by atoms with van der Waals surface area (Å²) in [5.41, 5.74) is -0.627. The van der Waals surface area contributed by atoms with Crippen LogP contribution < -0.4 is 11.2 Å². The number of hydrogen-bond donors (Lipinski definition) is 1. The first-order valence-corrected chi connectivity index (χ1v) is 7.04. The van der Waals surface area contributed by atoms with Gasteiger partial charge in [-0.1, -0.05) is 51.9 Å². The van der Waals surface area contributed by atoms with Gasteiger partial charge in [0.2, 0.25) is 0 Å². The molecule has 0 aliphatic rings. The Morgan fingerprint density at radius 2 is 1.61 bits per heavy atom. The molecule has 102 valence electrons. The van der Waals surface area contributed by atoms with Gasteiger partial charge in [0.1, 0.15) is 0 Å². The van der Waals surface area contributed by atoms with Gasteiger partial charge in [-0.25, -0.2) is 4.79 Å². The lowest BCUT2D eigenvalue weighted by atomic mass is 10.1. The summed E-state index contributed by atoms with van der Waals surface area (Å²) >= 11 is 0. The third-order valence-electron chi connectivity index (χ3n) is 3.15. The molecule has 0 fully saturated rings. The van der Waals surface area contributed by atoms with E-state index in [0.29, 0.717) is 6.54 Å². The second kappa shape index (κ2) is 8.72. The molecule has 1 rings (SSSR count). The summed E-state index contributed by atoms with van der Waals surface area (Å²) in [5, 5.41) is 0. The molecular weight excluding hydrogens is 228 g/mol. The lowest BCUT2D eigenvalue weighted by molar-refractivity contribution is 0.532. The summed E-state index contributed by atoms with van der Waals surface area (Å²) in [4.78, 5) is 24.5. The number of aryl methyl sites for hydroxylation is 1. The molecule has 0 aromatic carbocycles. The molecule has 0 unspecified atom stereocenters. The first kappa shape index (κ1) is 14.7. The van der Waals surface area contributed by atoms with Gasteiger partial charge < -0.3 is 4.57 Å². The molecule has 1 aromatic rings. The van der Waals surface area contributed by atoms with Crippen molar-refractivity contribution in [3.05, 3.63) is 33.1 Å². The van der Waals surface area contributed by atoms with Crippen LogP contribution in [0, 0.1) is 0 Å². The Morgan fingerprint density at radius 3 is 2.22 bits per heavy atom. The van der Waals surface area contributed by atoms with Crippen LogP contribution in [0.25, 0.3) is 0 Å². The third kappa shape index (κ3) is 5.84. The number of nitrogens with zero attached hydrogens (tertiary/aromatic N) is 1. The third-order valence-corrected chi connectivity index (χ3v) is 3.15. The maximum atomic E-state index is 11.4. The molecule has 4 heteroatoms. The summed E-state index contributed by atoms with van der Waals surface area (Å²) in [5.74, 6) is 0. The molecule has 1 heterocycles. The Hall–Kier alpha value is -1.32. The topological polar surface area (TPSA) is 54.9 Å². The molecule has 0 saturated heterocycles. The molecule has 1 N–H and O–H groups in total. The highest BCUT2D eigenvalue weighted by Crippen LogP contribution is 2.08. The Labute approximate surface area is 108 Å². The maximum Gasteiger partial charge on any atom is 0.328 e. The number of nitrogens with one attached hydrogen (secondary N) is 1. The van der Waals surface area contributed by atoms with Gasteiger partial charge in [-0.15, -0.1) is 0 Å². The highest BCUT2D eigenvalue weighted by molar-refractivity contribution is 4.82. The Morgan fingerprint density at radius 1 is 1.00 bits per heavy atom. The Balaban J connectivity index is 2.11. The summed E-state index contributed by atoms with van der Waals surface area (Å²) in [6.45, 7) is 2.92. The first-order valence-electron chi connectivity index (χ1n) is 7.04. The largest absolute Gasteiger partial charge is 0.328 e. The number of unbranched alkanes of at least 4 members (excludes halogenated alkanes) is 7. The van der Waals surface area contributed by atoms with Crippen molar-refractivity contribution >= 4 is 0 Å². The predicted molar refractivity (Wildman–Crippen MR) is 73.9 cm³/mol. The van der Waals surface area contributed by atoms with Crippen LogP contribution >= 0.6 is 0 Å². The normalized spacial score (nSPS) is 10.7. The molecule has 0 aliphatic carbocycles. The second-order valence-electron chi connectivity index (χ2n) is 4.78. The highest BCUT2D eigenvalue weighted by Gasteiger charge is 1.96. The van der Waals surface area contributed by atoms with E-state index < -0.39 is 0 Å². The van der Waals surface area contributed by atoms with Gasteiger partial charge >= 0.3 is 5.69 Å². The van der Waals surface area contributed by atoms with E-state index in [4.69, 9.17) is 0 Å². The minimum Gasteiger partial charge on any atom is -0.301 e. The van der Waals surface area contributed by atoms with Crippen molar-refractivity contribution < 1.29 is 0 Å². The number of H-pyrrole nitrogens is 1. The van der Waals surface area contributed by atoms with Crippen LogP contribution in [0.1, 0.15) is 58.3 Å². The van der Waals surface area contributed by atoms with Crippen LogP contribution in [0.4, 0.5) is 0 Å². The fourth-order valence-electron chi connectivity index (χ4n) is 2.04. The summed E-state index contributed by atoms with van der Waals surface area (Å²) in [6.07, 6.45) is 11.5. The van der Waals surface area contributed by atoms with Gasteiger partial charge in [0, 0.05) is 18.8 Å². The van der Waals surface area contributed by atoms with Crippen LogP contribution in [0.2, 0.25) is 0 Å². The van der Waals surface area contributed by atoms with Crippen LogP contribution in [0.3, 0.4) is 0 Å². The molecule has 0 amide bonds. The summed E-state index contributed by atoms with van der Waals surface area (Å²) in [6, 6.07) is 1.39. The average Bonchev–Trinajstić information content (AvgIpc) is 2.35. The Kier molecular flexibility index (Phi) is 7.14. The molecule has 0 spiro atoms. The van der Waals surface area contributed by atoms with Gasteiger partial charge in [0.25, 0.3) is 5.56 Å². The monoisotopic (exact) mass is 252 g/mol. The Bertz CT molecular complexity index is 434. The van der Waals surface area contributed by atoms with Crippen molar-refractivity contribution in [1.82, 2.24) is 9.55 Å². The van der Waals surface area contributed by atoms with E-state index in [-0.39, 0.29) is 11.2 Å². The first-order chi connectivity index (χ1) is 8.74. The molecule has 4 nitrogen and oxygen atoms in total. The van der Waals surface area contributed by atoms with Crippen molar-refractivity contribution in [2.45, 2.75) is 64.8 Å². The molecule has 0 atom stereocenters. The quantitative estimate of drug-likeness (QED) is 0.687. The van der Waals surface area contributed by atoms with Crippen molar-refractivity contribution in [1.29, 1.82) is 0 Å². The zero-order chi connectivity index (χ0) is 13.2. The van der Waals surface area contributed by atoms with E-state index in [1.807, 2.05) is 0 Å². The lowest BCUT2D eigenvalue weighted by Gasteiger charge is -2.04. The maximum absolute atomic E-state index is 11.4. The van der Waals surface area contributed by atoms with Crippen LogP contribution in [0.15, 0.2) is 21.9 Å². The van der Waals surface area contributed by atoms with E-state index in [2.05, 4.69) is 11.9 Å². The molecule has 1 aromatic heterocycles. The fourth-order valence-corrected chi connectivity index (χ4v) is 2.04. The van der Waals surface area contributed by atoms with E-state index in [0.717, 1.165) is 12.8 Å². The van der Waals surface area contributed by atoms with Crippen molar-refractivity contribution in [3.63, 3.8) is 0 Å². The van der Waals surface area contributed by atoms with Crippen molar-refractivity contribution in [3.8, 4) is 0 Å². The molecule has 0 aliphatic heterocycles. The number of aromatic nitrogens is 2. The summed E-state index contributed by atoms with van der Waals surface area (Å²) in [7, 11) is 0. The molecule has 0 radical (unpaired) electrons. The van der Waals surface area contributed by atoms with E-state index in [1.165, 1.54) is 44.6 Å². The predicted octanol–water partition coefficient (Wildman–Crippen LogP) is 2.68. The zero-order valence-corrected chi connectivity index (χ0v) is 11.3. The van der Waals surface area contributed by atoms with Crippen LogP contribution in [-0.4, -0.2) is 9.55 Å². The molecule has 0 bridgehead atoms. The average molecular weight is 252 g/mol. The fraction of sp³-hybridized carbons (Fsp3) is 0.714. The van der Waals surface area contributed by atoms with Gasteiger partial charge in [-0.3, -0.25) is 9.78 Å². The smallest absolute Gasteiger partial charge is 0.301 e. The number of aromatic amines is 1. The minimum atomic E-state index is -0.327. The van der Waals surface area contributed by atoms with Crippen molar-refractivity contribution in [2.75, 3.05) is 0 Å². The number of hydrogen-bond acceptors (Lipinski definition) is 2. The number of rotatable bonds is 9. The van der Waals surface area contributed by atoms with Gasteiger partial charge in [-0.2, -0.15) is 0 Å². The van der Waals surface area contributed by atoms with E-state index >= 15 is 0 Å². The minimum absolute atomic E-state index is 0.301. The standard InChI is InChI=1S/C14H24N2O2/c1-2-3-4-5-6-7-8-9-11-16-12-10-13(17)15-14(16)18/h10,12H,2-9,11H2,1H3,(H,15,17,18). The molecular formula is C14H24N2O2. The lowest BCUT2D eigenvalue weighted by Crippen LogP contribution is -2.28. The van der Waals surface area contributed by atoms with Gasteiger partial charge in [0.15, 0.2) is 0 Å². The van der Waals surface area contributed by atoms with Gasteiger partial charge in [-0.05, 0) is 6.42 Å². The highest BCUT2D eigenvalue weighted by atomic mass is 16.2. The van der Waals surface area contributed by atoms with Crippen molar-refractivity contribution in [2.24, 2.45) is 0 Å². The SMILES string of the molecule is CCCCCCCCCCn1ccc(=O)[nH]c1=O. The summed E-state index contributed by atoms with van der Waals surface area (Å²) < 4.78 is 1.57. The molecule has 18 heavy (non-hydrogen) atoms. The van der Waals surface area contributed by atoms with Crippen LogP contribution in [-0.2, 0) is 6.54 Å². The van der Waals surface area contributed by atoms with E-state index in [1.54, 1.807) is 10.8 Å².